The van der Waals surface area contributed by atoms with Crippen LogP contribution in [-0.2, 0) is 34.6 Å². The van der Waals surface area contributed by atoms with Crippen LogP contribution in [0.3, 0.4) is 0 Å². The number of aliphatic hydroxyl groups is 1. The molecule has 12 heteroatoms. The lowest BCUT2D eigenvalue weighted by Gasteiger charge is -2.19. The molecule has 1 aliphatic heterocycles. The number of benzene rings is 1. The van der Waals surface area contributed by atoms with Crippen molar-refractivity contribution in [3.05, 3.63) is 35.9 Å². The molecule has 3 rings (SSSR count). The minimum Gasteiger partial charge on any atom is -0.490 e. The normalized spacial score (nSPS) is 24.2. The van der Waals surface area contributed by atoms with E-state index in [2.05, 4.69) is 0 Å². The minimum absolute atomic E-state index is 0.0257. The van der Waals surface area contributed by atoms with Gasteiger partial charge in [-0.25, -0.2) is 0 Å². The van der Waals surface area contributed by atoms with Gasteiger partial charge in [0.1, 0.15) is 31.0 Å². The third-order valence-electron chi connectivity index (χ3n) is 6.35. The molecule has 1 heterocycles. The summed E-state index contributed by atoms with van der Waals surface area (Å²) in [5, 5.41) is 9.80. The molecule has 9 nitrogen and oxygen atoms in total. The Labute approximate surface area is 220 Å². The van der Waals surface area contributed by atoms with Crippen molar-refractivity contribution in [2.75, 3.05) is 60.8 Å². The summed E-state index contributed by atoms with van der Waals surface area (Å²) >= 11 is 0. The van der Waals surface area contributed by atoms with Crippen molar-refractivity contribution in [1.82, 2.24) is 0 Å². The van der Waals surface area contributed by atoms with Crippen molar-refractivity contribution < 1.29 is 56.2 Å². The first-order valence-electron chi connectivity index (χ1n) is 12.5. The van der Waals surface area contributed by atoms with E-state index >= 15 is 0 Å². The Kier molecular flexibility index (Phi) is 12.6. The molecule has 5 atom stereocenters. The zero-order valence-corrected chi connectivity index (χ0v) is 21.7. The Hall–Kier alpha value is -1.93. The van der Waals surface area contributed by atoms with E-state index in [-0.39, 0.29) is 56.2 Å². The van der Waals surface area contributed by atoms with Crippen molar-refractivity contribution in [2.45, 2.75) is 43.9 Å². The highest BCUT2D eigenvalue weighted by Crippen LogP contribution is 2.43. The van der Waals surface area contributed by atoms with E-state index in [1.807, 2.05) is 12.2 Å². The maximum Gasteiger partial charge on any atom is 0.416 e. The van der Waals surface area contributed by atoms with Crippen molar-refractivity contribution in [2.24, 2.45) is 11.8 Å². The molecule has 216 valence electrons. The van der Waals surface area contributed by atoms with Gasteiger partial charge < -0.3 is 43.0 Å². The summed E-state index contributed by atoms with van der Waals surface area (Å²) in [6, 6.07) is 3.16. The monoisotopic (exact) mass is 550 g/mol. The topological polar surface area (TPSA) is 94.1 Å². The van der Waals surface area contributed by atoms with E-state index in [4.69, 9.17) is 37.9 Å². The van der Waals surface area contributed by atoms with Crippen LogP contribution >= 0.6 is 0 Å². The predicted octanol–water partition coefficient (Wildman–Crippen LogP) is 3.78. The van der Waals surface area contributed by atoms with Gasteiger partial charge in [0.25, 0.3) is 0 Å². The number of hydrogen-bond acceptors (Lipinski definition) is 9. The maximum atomic E-state index is 13.5. The van der Waals surface area contributed by atoms with Gasteiger partial charge in [-0.2, -0.15) is 13.2 Å². The third kappa shape index (κ3) is 9.99. The van der Waals surface area contributed by atoms with Crippen LogP contribution in [0.1, 0.15) is 24.8 Å². The number of halogens is 3. The lowest BCUT2D eigenvalue weighted by molar-refractivity contribution is -0.137. The Balaban J connectivity index is 1.64. The number of allylic oxidation sites excluding steroid dienone is 1. The van der Waals surface area contributed by atoms with E-state index in [9.17, 15) is 18.3 Å². The summed E-state index contributed by atoms with van der Waals surface area (Å²) in [5.74, 6) is 0.349. The molecule has 1 saturated heterocycles. The number of rotatable bonds is 17. The molecule has 2 aliphatic rings. The molecule has 0 aromatic heterocycles. The number of fused-ring (bicyclic) bond motifs is 1. The summed E-state index contributed by atoms with van der Waals surface area (Å²) in [7, 11) is 3.07. The molecule has 1 saturated carbocycles. The molecule has 2 fully saturated rings. The van der Waals surface area contributed by atoms with E-state index in [1.54, 1.807) is 7.11 Å². The van der Waals surface area contributed by atoms with Crippen LogP contribution < -0.4 is 9.47 Å². The van der Waals surface area contributed by atoms with Crippen LogP contribution in [-0.4, -0.2) is 84.4 Å². The lowest BCUT2D eigenvalue weighted by atomic mass is 9.92. The van der Waals surface area contributed by atoms with Crippen LogP contribution in [0.5, 0.6) is 11.5 Å². The summed E-state index contributed by atoms with van der Waals surface area (Å²) in [6.45, 7) is 0.960. The standard InChI is InChI=1S/C26H37F3O9/c1-31-7-9-33-16-36-20(5-3-18-4-6-24-23(18)14-25(30)38-24)15-35-21-11-19(26(27,28)29)12-22(13-21)37-17-34-10-8-32-2/h3,5,11-13,18,20,23-25,30H,4,6-10,14-17H2,1-2H3/b5-3+/t18-,20?,23+,24-,25+/m0/s1. The zero-order valence-electron chi connectivity index (χ0n) is 21.7. The average Bonchev–Trinajstić information content (AvgIpc) is 3.43. The van der Waals surface area contributed by atoms with Gasteiger partial charge in [-0.05, 0) is 36.8 Å². The molecule has 1 aliphatic carbocycles. The first-order chi connectivity index (χ1) is 18.3. The number of methoxy groups -OCH3 is 2. The van der Waals surface area contributed by atoms with Gasteiger partial charge in [0.05, 0.1) is 38.1 Å². The van der Waals surface area contributed by atoms with Crippen molar-refractivity contribution >= 4 is 0 Å². The molecule has 0 bridgehead atoms. The predicted molar refractivity (Wildman–Crippen MR) is 129 cm³/mol. The quantitative estimate of drug-likeness (QED) is 0.177. The smallest absolute Gasteiger partial charge is 0.416 e. The van der Waals surface area contributed by atoms with Crippen molar-refractivity contribution in [3.8, 4) is 11.5 Å². The van der Waals surface area contributed by atoms with Gasteiger partial charge in [-0.15, -0.1) is 0 Å². The number of alkyl halides is 3. The van der Waals surface area contributed by atoms with Crippen molar-refractivity contribution in [3.63, 3.8) is 0 Å². The van der Waals surface area contributed by atoms with Crippen LogP contribution in [0.4, 0.5) is 13.2 Å². The van der Waals surface area contributed by atoms with Crippen molar-refractivity contribution in [1.29, 1.82) is 0 Å². The largest absolute Gasteiger partial charge is 0.490 e. The highest BCUT2D eigenvalue weighted by atomic mass is 19.4. The van der Waals surface area contributed by atoms with E-state index < -0.39 is 24.1 Å². The molecule has 38 heavy (non-hydrogen) atoms. The molecule has 0 amide bonds. The third-order valence-corrected chi connectivity index (χ3v) is 6.35. The van der Waals surface area contributed by atoms with Crippen LogP contribution in [0.25, 0.3) is 0 Å². The fourth-order valence-electron chi connectivity index (χ4n) is 4.44. The number of hydrogen-bond donors (Lipinski definition) is 1. The Morgan fingerprint density at radius 3 is 2.34 bits per heavy atom. The van der Waals surface area contributed by atoms with Crippen LogP contribution in [0.15, 0.2) is 30.4 Å². The van der Waals surface area contributed by atoms with Gasteiger partial charge in [0.15, 0.2) is 13.1 Å². The highest BCUT2D eigenvalue weighted by molar-refractivity contribution is 5.39. The Morgan fingerprint density at radius 2 is 1.66 bits per heavy atom. The lowest BCUT2D eigenvalue weighted by Crippen LogP contribution is -2.22. The molecule has 0 radical (unpaired) electrons. The highest BCUT2D eigenvalue weighted by Gasteiger charge is 2.42. The Bertz CT molecular complexity index is 852. The van der Waals surface area contributed by atoms with E-state index in [1.165, 1.54) is 13.2 Å². The fraction of sp³-hybridized carbons (Fsp3) is 0.692. The number of ether oxygens (including phenoxy) is 8. The van der Waals surface area contributed by atoms with E-state index in [0.717, 1.165) is 25.0 Å². The molecule has 1 unspecified atom stereocenters. The first-order valence-corrected chi connectivity index (χ1v) is 12.5. The summed E-state index contributed by atoms with van der Waals surface area (Å²) in [5.41, 5.74) is -0.908. The second-order valence-electron chi connectivity index (χ2n) is 9.04. The maximum absolute atomic E-state index is 13.5. The minimum atomic E-state index is -4.59. The molecular formula is C26H37F3O9. The molecule has 0 spiro atoms. The average molecular weight is 551 g/mol. The van der Waals surface area contributed by atoms with Gasteiger partial charge in [0.2, 0.25) is 0 Å². The van der Waals surface area contributed by atoms with Gasteiger partial charge >= 0.3 is 6.18 Å². The summed E-state index contributed by atoms with van der Waals surface area (Å²) in [6.07, 6.45) is 0.289. The second kappa shape index (κ2) is 15.6. The van der Waals surface area contributed by atoms with Crippen LogP contribution in [0.2, 0.25) is 0 Å². The van der Waals surface area contributed by atoms with Gasteiger partial charge in [-0.1, -0.05) is 12.2 Å². The molecule has 1 aromatic carbocycles. The number of aliphatic hydroxyl groups excluding tert-OH is 1. The summed E-state index contributed by atoms with van der Waals surface area (Å²) < 4.78 is 83.2. The van der Waals surface area contributed by atoms with Gasteiger partial charge in [-0.3, -0.25) is 0 Å². The Morgan fingerprint density at radius 1 is 0.974 bits per heavy atom. The van der Waals surface area contributed by atoms with Crippen LogP contribution in [0, 0.1) is 11.8 Å². The molecule has 1 aromatic rings. The SMILES string of the molecule is COCCOCOc1cc(OCC(/C=C/[C@H]2CC[C@@H]3O[C@@H](O)C[C@@H]32)OCOCCOC)cc(C(F)(F)F)c1. The summed E-state index contributed by atoms with van der Waals surface area (Å²) in [4.78, 5) is 0. The first kappa shape index (κ1) is 30.6. The molecule has 1 N–H and O–H groups in total. The zero-order chi connectivity index (χ0) is 27.4. The second-order valence-corrected chi connectivity index (χ2v) is 9.04. The van der Waals surface area contributed by atoms with Gasteiger partial charge in [0, 0.05) is 26.7 Å². The fourth-order valence-corrected chi connectivity index (χ4v) is 4.44. The van der Waals surface area contributed by atoms with E-state index in [0.29, 0.717) is 26.2 Å². The molecular weight excluding hydrogens is 513 g/mol.